The van der Waals surface area contributed by atoms with Gasteiger partial charge in [-0.1, -0.05) is 6.07 Å². The quantitative estimate of drug-likeness (QED) is 0.919. The minimum absolute atomic E-state index is 0.00810. The first-order chi connectivity index (χ1) is 10.6. The van der Waals surface area contributed by atoms with Crippen LogP contribution >= 0.6 is 0 Å². The molecule has 5 heteroatoms. The van der Waals surface area contributed by atoms with Gasteiger partial charge in [0, 0.05) is 43.9 Å². The summed E-state index contributed by atoms with van der Waals surface area (Å²) in [7, 11) is 3.69. The summed E-state index contributed by atoms with van der Waals surface area (Å²) >= 11 is 0. The normalized spacial score (nSPS) is 18.1. The summed E-state index contributed by atoms with van der Waals surface area (Å²) in [6, 6.07) is 7.39. The molecule has 1 N–H and O–H groups in total. The number of piperidine rings is 1. The van der Waals surface area contributed by atoms with Gasteiger partial charge in [-0.2, -0.15) is 0 Å². The largest absolute Gasteiger partial charge is 0.342 e. The van der Waals surface area contributed by atoms with Crippen LogP contribution < -0.4 is 5.32 Å². The number of carbonyl (C=O) groups excluding carboxylic acids is 2. The Labute approximate surface area is 132 Å². The van der Waals surface area contributed by atoms with Crippen molar-refractivity contribution in [2.75, 3.05) is 33.7 Å². The molecule has 0 saturated carbocycles. The van der Waals surface area contributed by atoms with Crippen LogP contribution in [0.4, 0.5) is 0 Å². The maximum Gasteiger partial charge on any atom is 0.253 e. The molecule has 1 fully saturated rings. The van der Waals surface area contributed by atoms with Gasteiger partial charge in [-0.3, -0.25) is 9.59 Å². The zero-order valence-corrected chi connectivity index (χ0v) is 13.6. The molecule has 5 nitrogen and oxygen atoms in total. The first kappa shape index (κ1) is 16.5. The lowest BCUT2D eigenvalue weighted by Crippen LogP contribution is -2.47. The molecule has 1 aliphatic heterocycles. The van der Waals surface area contributed by atoms with E-state index in [0.29, 0.717) is 23.7 Å². The maximum absolute atomic E-state index is 12.6. The topological polar surface area (TPSA) is 52.7 Å². The van der Waals surface area contributed by atoms with Crippen LogP contribution in [0.3, 0.4) is 0 Å². The van der Waals surface area contributed by atoms with Gasteiger partial charge in [-0.25, -0.2) is 0 Å². The molecule has 120 valence electrons. The number of likely N-dealkylation sites (tertiary alicyclic amines) is 1. The monoisotopic (exact) mass is 303 g/mol. The van der Waals surface area contributed by atoms with E-state index in [9.17, 15) is 9.59 Å². The minimum atomic E-state index is -0.0519. The molecular weight excluding hydrogens is 278 g/mol. The number of hydrogen-bond acceptors (Lipinski definition) is 3. The Kier molecular flexibility index (Phi) is 5.55. The Morgan fingerprint density at radius 2 is 2.09 bits per heavy atom. The number of hydrogen-bond donors (Lipinski definition) is 1. The summed E-state index contributed by atoms with van der Waals surface area (Å²) in [6.07, 6.45) is 2.11. The van der Waals surface area contributed by atoms with Crippen LogP contribution in [0.2, 0.25) is 0 Å². The number of benzene rings is 1. The van der Waals surface area contributed by atoms with Gasteiger partial charge >= 0.3 is 0 Å². The van der Waals surface area contributed by atoms with Gasteiger partial charge in [-0.05, 0) is 45.0 Å². The van der Waals surface area contributed by atoms with E-state index in [1.165, 1.54) is 0 Å². The smallest absolute Gasteiger partial charge is 0.253 e. The molecule has 0 radical (unpaired) electrons. The van der Waals surface area contributed by atoms with Crippen molar-refractivity contribution in [3.05, 3.63) is 35.4 Å². The second kappa shape index (κ2) is 7.40. The lowest BCUT2D eigenvalue weighted by Gasteiger charge is -2.32. The van der Waals surface area contributed by atoms with Gasteiger partial charge in [0.25, 0.3) is 11.8 Å². The van der Waals surface area contributed by atoms with Crippen LogP contribution in [0.25, 0.3) is 0 Å². The molecule has 2 amide bonds. The van der Waals surface area contributed by atoms with Crippen molar-refractivity contribution in [2.45, 2.75) is 25.8 Å². The van der Waals surface area contributed by atoms with E-state index in [0.717, 1.165) is 25.9 Å². The number of carbonyl (C=O) groups is 2. The van der Waals surface area contributed by atoms with Crippen LogP contribution in [-0.2, 0) is 0 Å². The van der Waals surface area contributed by atoms with Gasteiger partial charge in [0.2, 0.25) is 0 Å². The molecule has 1 aliphatic rings. The Bertz CT molecular complexity index is 544. The van der Waals surface area contributed by atoms with Crippen molar-refractivity contribution in [3.8, 4) is 0 Å². The highest BCUT2D eigenvalue weighted by Crippen LogP contribution is 2.15. The van der Waals surface area contributed by atoms with Crippen LogP contribution in [0, 0.1) is 0 Å². The molecular formula is C17H25N3O2. The molecule has 1 unspecified atom stereocenters. The molecule has 1 aromatic carbocycles. The summed E-state index contributed by atoms with van der Waals surface area (Å²) in [5, 5.41) is 3.24. The van der Waals surface area contributed by atoms with Gasteiger partial charge in [0.05, 0.1) is 0 Å². The van der Waals surface area contributed by atoms with Gasteiger partial charge in [0.15, 0.2) is 0 Å². The summed E-state index contributed by atoms with van der Waals surface area (Å²) in [5.74, 6) is -0.0438. The highest BCUT2D eigenvalue weighted by Gasteiger charge is 2.24. The molecule has 1 heterocycles. The SMILES string of the molecule is CCN(C)C(=O)c1cccc(C(=O)N2CCCC(NC)C2)c1. The Balaban J connectivity index is 2.15. The third kappa shape index (κ3) is 3.65. The summed E-state index contributed by atoms with van der Waals surface area (Å²) < 4.78 is 0. The summed E-state index contributed by atoms with van der Waals surface area (Å²) in [4.78, 5) is 28.4. The lowest BCUT2D eigenvalue weighted by molar-refractivity contribution is 0.0698. The second-order valence-electron chi connectivity index (χ2n) is 5.78. The molecule has 0 spiro atoms. The van der Waals surface area contributed by atoms with Gasteiger partial charge in [-0.15, -0.1) is 0 Å². The van der Waals surface area contributed by atoms with Crippen molar-refractivity contribution in [3.63, 3.8) is 0 Å². The zero-order valence-electron chi connectivity index (χ0n) is 13.6. The predicted molar refractivity (Wildman–Crippen MR) is 87.1 cm³/mol. The summed E-state index contributed by atoms with van der Waals surface area (Å²) in [5.41, 5.74) is 1.16. The molecule has 2 rings (SSSR count). The summed E-state index contributed by atoms with van der Waals surface area (Å²) in [6.45, 7) is 4.08. The highest BCUT2D eigenvalue weighted by molar-refractivity contribution is 5.99. The molecule has 22 heavy (non-hydrogen) atoms. The Morgan fingerprint density at radius 1 is 1.36 bits per heavy atom. The van der Waals surface area contributed by atoms with E-state index >= 15 is 0 Å². The van der Waals surface area contributed by atoms with Crippen molar-refractivity contribution in [2.24, 2.45) is 0 Å². The fraction of sp³-hybridized carbons (Fsp3) is 0.529. The van der Waals surface area contributed by atoms with E-state index < -0.39 is 0 Å². The zero-order chi connectivity index (χ0) is 16.1. The van der Waals surface area contributed by atoms with Crippen LogP contribution in [0.1, 0.15) is 40.5 Å². The van der Waals surface area contributed by atoms with E-state index in [4.69, 9.17) is 0 Å². The fourth-order valence-electron chi connectivity index (χ4n) is 2.73. The van der Waals surface area contributed by atoms with Crippen LogP contribution in [0.15, 0.2) is 24.3 Å². The molecule has 1 aromatic rings. The number of nitrogens with zero attached hydrogens (tertiary/aromatic N) is 2. The number of nitrogens with one attached hydrogen (secondary N) is 1. The van der Waals surface area contributed by atoms with E-state index in [1.807, 2.05) is 18.9 Å². The average Bonchev–Trinajstić information content (AvgIpc) is 2.59. The molecule has 0 aromatic heterocycles. The molecule has 1 atom stereocenters. The average molecular weight is 303 g/mol. The van der Waals surface area contributed by atoms with Crippen molar-refractivity contribution in [1.82, 2.24) is 15.1 Å². The first-order valence-corrected chi connectivity index (χ1v) is 7.89. The lowest BCUT2D eigenvalue weighted by atomic mass is 10.0. The van der Waals surface area contributed by atoms with Gasteiger partial charge < -0.3 is 15.1 Å². The number of likely N-dealkylation sites (N-methyl/N-ethyl adjacent to an activating group) is 1. The van der Waals surface area contributed by atoms with E-state index in [1.54, 1.807) is 36.2 Å². The molecule has 1 saturated heterocycles. The highest BCUT2D eigenvalue weighted by atomic mass is 16.2. The third-order valence-electron chi connectivity index (χ3n) is 4.29. The van der Waals surface area contributed by atoms with Crippen molar-refractivity contribution in [1.29, 1.82) is 0 Å². The maximum atomic E-state index is 12.6. The van der Waals surface area contributed by atoms with E-state index in [-0.39, 0.29) is 11.8 Å². The first-order valence-electron chi connectivity index (χ1n) is 7.89. The third-order valence-corrected chi connectivity index (χ3v) is 4.29. The van der Waals surface area contributed by atoms with Crippen LogP contribution in [-0.4, -0.2) is 61.4 Å². The van der Waals surface area contributed by atoms with Crippen molar-refractivity contribution < 1.29 is 9.59 Å². The van der Waals surface area contributed by atoms with Crippen molar-refractivity contribution >= 4 is 11.8 Å². The standard InChI is InChI=1S/C17H25N3O2/c1-4-19(3)16(21)13-7-5-8-14(11-13)17(22)20-10-6-9-15(12-20)18-2/h5,7-8,11,15,18H,4,6,9-10,12H2,1-3H3. The predicted octanol–water partition coefficient (Wildman–Crippen LogP) is 1.60. The number of amides is 2. The molecule has 0 bridgehead atoms. The fourth-order valence-corrected chi connectivity index (χ4v) is 2.73. The van der Waals surface area contributed by atoms with Crippen LogP contribution in [0.5, 0.6) is 0 Å². The number of rotatable bonds is 4. The van der Waals surface area contributed by atoms with E-state index in [2.05, 4.69) is 5.32 Å². The molecule has 0 aliphatic carbocycles. The van der Waals surface area contributed by atoms with Gasteiger partial charge in [0.1, 0.15) is 0 Å². The minimum Gasteiger partial charge on any atom is -0.342 e. The Hall–Kier alpha value is -1.88. The Morgan fingerprint density at radius 3 is 2.77 bits per heavy atom. The second-order valence-corrected chi connectivity index (χ2v) is 5.78.